The highest BCUT2D eigenvalue weighted by Crippen LogP contribution is 2.25. The van der Waals surface area contributed by atoms with Crippen LogP contribution in [0.4, 0.5) is 5.69 Å². The van der Waals surface area contributed by atoms with Gasteiger partial charge in [0.1, 0.15) is 4.99 Å². The molecule has 0 heterocycles. The zero-order chi connectivity index (χ0) is 13.0. The van der Waals surface area contributed by atoms with Gasteiger partial charge in [0.2, 0.25) is 0 Å². The number of rotatable bonds is 4. The van der Waals surface area contributed by atoms with Crippen LogP contribution in [-0.2, 0) is 0 Å². The molecular weight excluding hydrogens is 240 g/mol. The minimum Gasteiger partial charge on any atom is -0.389 e. The summed E-state index contributed by atoms with van der Waals surface area (Å²) in [5.74, 6) is 0.841. The minimum atomic E-state index is 0.469. The highest BCUT2D eigenvalue weighted by molar-refractivity contribution is 7.80. The van der Waals surface area contributed by atoms with Crippen molar-refractivity contribution in [3.8, 4) is 0 Å². The van der Waals surface area contributed by atoms with Gasteiger partial charge in [0.05, 0.1) is 0 Å². The number of anilines is 1. The van der Waals surface area contributed by atoms with Crippen molar-refractivity contribution in [1.82, 2.24) is 0 Å². The van der Waals surface area contributed by atoms with Crippen LogP contribution in [-0.4, -0.2) is 11.5 Å². The summed E-state index contributed by atoms with van der Waals surface area (Å²) in [6.07, 6.45) is 6.95. The zero-order valence-corrected chi connectivity index (χ0v) is 11.9. The molecule has 3 heteroatoms. The molecule has 1 aromatic carbocycles. The van der Waals surface area contributed by atoms with Crippen LogP contribution in [0.1, 0.15) is 43.2 Å². The van der Waals surface area contributed by atoms with E-state index in [0.717, 1.165) is 18.0 Å². The molecule has 1 saturated carbocycles. The van der Waals surface area contributed by atoms with Gasteiger partial charge in [-0.25, -0.2) is 0 Å². The zero-order valence-electron chi connectivity index (χ0n) is 11.0. The largest absolute Gasteiger partial charge is 0.389 e. The monoisotopic (exact) mass is 262 g/mol. The van der Waals surface area contributed by atoms with E-state index in [9.17, 15) is 0 Å². The molecule has 0 aliphatic heterocycles. The lowest BCUT2D eigenvalue weighted by atomic mass is 9.89. The molecule has 0 bridgehead atoms. The number of thiocarbonyl (C=S) groups is 1. The quantitative estimate of drug-likeness (QED) is 0.814. The number of benzene rings is 1. The van der Waals surface area contributed by atoms with E-state index in [1.807, 2.05) is 6.07 Å². The van der Waals surface area contributed by atoms with Gasteiger partial charge in [0.15, 0.2) is 0 Å². The van der Waals surface area contributed by atoms with Gasteiger partial charge in [-0.3, -0.25) is 0 Å². The molecular formula is C15H22N2S. The maximum absolute atomic E-state index is 5.63. The van der Waals surface area contributed by atoms with E-state index in [-0.39, 0.29) is 0 Å². The molecule has 2 nitrogen and oxygen atoms in total. The molecule has 98 valence electrons. The van der Waals surface area contributed by atoms with Gasteiger partial charge in [-0.15, -0.1) is 0 Å². The van der Waals surface area contributed by atoms with Crippen LogP contribution in [0, 0.1) is 12.8 Å². The lowest BCUT2D eigenvalue weighted by Gasteiger charge is -2.23. The molecule has 1 aliphatic carbocycles. The third kappa shape index (κ3) is 3.45. The molecule has 2 rings (SSSR count). The van der Waals surface area contributed by atoms with Crippen LogP contribution < -0.4 is 11.1 Å². The van der Waals surface area contributed by atoms with Crippen molar-refractivity contribution in [1.29, 1.82) is 0 Å². The van der Waals surface area contributed by atoms with Gasteiger partial charge >= 0.3 is 0 Å². The Morgan fingerprint density at radius 1 is 1.33 bits per heavy atom. The Hall–Kier alpha value is -1.09. The van der Waals surface area contributed by atoms with Gasteiger partial charge in [-0.05, 0) is 49.4 Å². The Labute approximate surface area is 115 Å². The number of hydrogen-bond donors (Lipinski definition) is 2. The molecule has 18 heavy (non-hydrogen) atoms. The second-order valence-electron chi connectivity index (χ2n) is 5.28. The molecule has 0 aromatic heterocycles. The first kappa shape index (κ1) is 13.3. The summed E-state index contributed by atoms with van der Waals surface area (Å²) >= 11 is 4.99. The Morgan fingerprint density at radius 3 is 2.67 bits per heavy atom. The van der Waals surface area contributed by atoms with Crippen molar-refractivity contribution < 1.29 is 0 Å². The average Bonchev–Trinajstić information content (AvgIpc) is 2.38. The van der Waals surface area contributed by atoms with E-state index in [2.05, 4.69) is 24.4 Å². The molecule has 3 N–H and O–H groups in total. The number of aryl methyl sites for hydroxylation is 1. The van der Waals surface area contributed by atoms with Crippen LogP contribution in [0.15, 0.2) is 18.2 Å². The van der Waals surface area contributed by atoms with E-state index >= 15 is 0 Å². The molecule has 1 aromatic rings. The lowest BCUT2D eigenvalue weighted by molar-refractivity contribution is 0.373. The van der Waals surface area contributed by atoms with Crippen molar-refractivity contribution in [2.75, 3.05) is 11.9 Å². The van der Waals surface area contributed by atoms with E-state index < -0.39 is 0 Å². The summed E-state index contributed by atoms with van der Waals surface area (Å²) in [5, 5.41) is 3.56. The average molecular weight is 262 g/mol. The van der Waals surface area contributed by atoms with Crippen molar-refractivity contribution in [3.63, 3.8) is 0 Å². The molecule has 0 amide bonds. The Bertz CT molecular complexity index is 423. The van der Waals surface area contributed by atoms with Crippen LogP contribution in [0.25, 0.3) is 0 Å². The summed E-state index contributed by atoms with van der Waals surface area (Å²) in [6, 6.07) is 6.15. The SMILES string of the molecule is Cc1cc(C(N)=S)ccc1NCC1CCCCC1. The van der Waals surface area contributed by atoms with Gasteiger partial charge in [-0.2, -0.15) is 0 Å². The standard InChI is InChI=1S/C15H22N2S/c1-11-9-13(15(16)18)7-8-14(11)17-10-12-5-3-2-4-6-12/h7-9,12,17H,2-6,10H2,1H3,(H2,16,18). The smallest absolute Gasteiger partial charge is 0.103 e. The second kappa shape index (κ2) is 6.19. The van der Waals surface area contributed by atoms with Gasteiger partial charge in [-0.1, -0.05) is 31.5 Å². The van der Waals surface area contributed by atoms with Crippen LogP contribution in [0.3, 0.4) is 0 Å². The first-order valence-corrected chi connectivity index (χ1v) is 7.22. The fourth-order valence-electron chi connectivity index (χ4n) is 2.66. The molecule has 1 fully saturated rings. The van der Waals surface area contributed by atoms with E-state index in [4.69, 9.17) is 18.0 Å². The number of nitrogens with two attached hydrogens (primary N) is 1. The maximum Gasteiger partial charge on any atom is 0.103 e. The summed E-state index contributed by atoms with van der Waals surface area (Å²) in [4.78, 5) is 0.469. The topological polar surface area (TPSA) is 38.0 Å². The van der Waals surface area contributed by atoms with Gasteiger partial charge in [0, 0.05) is 17.8 Å². The third-order valence-electron chi connectivity index (χ3n) is 3.82. The molecule has 0 spiro atoms. The van der Waals surface area contributed by atoms with Crippen LogP contribution >= 0.6 is 12.2 Å². The van der Waals surface area contributed by atoms with Crippen LogP contribution in [0.2, 0.25) is 0 Å². The Morgan fingerprint density at radius 2 is 2.06 bits per heavy atom. The summed E-state index contributed by atoms with van der Waals surface area (Å²) < 4.78 is 0. The summed E-state index contributed by atoms with van der Waals surface area (Å²) in [5.41, 5.74) is 9.01. The summed E-state index contributed by atoms with van der Waals surface area (Å²) in [6.45, 7) is 3.19. The third-order valence-corrected chi connectivity index (χ3v) is 4.05. The molecule has 0 unspecified atom stereocenters. The van der Waals surface area contributed by atoms with Crippen LogP contribution in [0.5, 0.6) is 0 Å². The number of nitrogens with one attached hydrogen (secondary N) is 1. The van der Waals surface area contributed by atoms with E-state index in [1.54, 1.807) is 0 Å². The van der Waals surface area contributed by atoms with Crippen molar-refractivity contribution in [3.05, 3.63) is 29.3 Å². The second-order valence-corrected chi connectivity index (χ2v) is 5.72. The minimum absolute atomic E-state index is 0.469. The Kier molecular flexibility index (Phi) is 4.59. The van der Waals surface area contributed by atoms with Gasteiger partial charge in [0.25, 0.3) is 0 Å². The predicted octanol–water partition coefficient (Wildman–Crippen LogP) is 3.62. The van der Waals surface area contributed by atoms with E-state index in [0.29, 0.717) is 4.99 Å². The van der Waals surface area contributed by atoms with Gasteiger partial charge < -0.3 is 11.1 Å². The van der Waals surface area contributed by atoms with Crippen molar-refractivity contribution >= 4 is 22.9 Å². The Balaban J connectivity index is 1.94. The molecule has 0 saturated heterocycles. The number of hydrogen-bond acceptors (Lipinski definition) is 2. The first-order valence-electron chi connectivity index (χ1n) is 6.81. The maximum atomic E-state index is 5.63. The highest BCUT2D eigenvalue weighted by Gasteiger charge is 2.13. The predicted molar refractivity (Wildman–Crippen MR) is 82.1 cm³/mol. The fourth-order valence-corrected chi connectivity index (χ4v) is 2.79. The fraction of sp³-hybridized carbons (Fsp3) is 0.533. The van der Waals surface area contributed by atoms with Crippen molar-refractivity contribution in [2.24, 2.45) is 11.7 Å². The molecule has 0 atom stereocenters. The van der Waals surface area contributed by atoms with Crippen molar-refractivity contribution in [2.45, 2.75) is 39.0 Å². The normalized spacial score (nSPS) is 16.5. The first-order chi connectivity index (χ1) is 8.66. The highest BCUT2D eigenvalue weighted by atomic mass is 32.1. The van der Waals surface area contributed by atoms with E-state index in [1.165, 1.54) is 43.4 Å². The summed E-state index contributed by atoms with van der Waals surface area (Å²) in [7, 11) is 0. The molecule has 1 aliphatic rings. The lowest BCUT2D eigenvalue weighted by Crippen LogP contribution is -2.17. The molecule has 0 radical (unpaired) electrons.